The molecule has 1 aliphatic rings. The fraction of sp³-hybridized carbons (Fsp3) is 0.357. The SMILES string of the molecule is C[C@@H](c1ccc(-c2cncc(S(C)=O)c2)cc1)N1CCC(CC(C)(C)O)(c2ccccc2)OC1=O. The number of carbonyl (C=O) groups is 1. The first kappa shape index (κ1) is 25.1. The molecule has 4 rings (SSSR count). The Balaban J connectivity index is 1.53. The number of hydrogen-bond acceptors (Lipinski definition) is 5. The third kappa shape index (κ3) is 5.63. The Morgan fingerprint density at radius 3 is 2.40 bits per heavy atom. The normalized spacial score (nSPS) is 20.3. The second-order valence-corrected chi connectivity index (χ2v) is 11.2. The fourth-order valence-corrected chi connectivity index (χ4v) is 5.26. The lowest BCUT2D eigenvalue weighted by atomic mass is 9.80. The molecular formula is C28H32N2O4S. The van der Waals surface area contributed by atoms with Crippen molar-refractivity contribution in [2.75, 3.05) is 12.8 Å². The molecule has 3 aromatic rings. The summed E-state index contributed by atoms with van der Waals surface area (Å²) in [4.78, 5) is 19.9. The van der Waals surface area contributed by atoms with Crippen molar-refractivity contribution < 1.29 is 18.8 Å². The molecule has 1 fully saturated rings. The molecule has 2 aromatic carbocycles. The molecule has 184 valence electrons. The summed E-state index contributed by atoms with van der Waals surface area (Å²) < 4.78 is 17.9. The molecule has 1 saturated heterocycles. The first-order valence-electron chi connectivity index (χ1n) is 11.7. The maximum absolute atomic E-state index is 13.3. The van der Waals surface area contributed by atoms with E-state index in [0.29, 0.717) is 24.3 Å². The van der Waals surface area contributed by atoms with E-state index in [9.17, 15) is 14.1 Å². The van der Waals surface area contributed by atoms with Gasteiger partial charge in [-0.25, -0.2) is 4.79 Å². The Morgan fingerprint density at radius 1 is 1.11 bits per heavy atom. The molecule has 6 nitrogen and oxygen atoms in total. The van der Waals surface area contributed by atoms with E-state index in [1.54, 1.807) is 37.4 Å². The second-order valence-electron chi connectivity index (χ2n) is 9.82. The van der Waals surface area contributed by atoms with Crippen LogP contribution in [0.1, 0.15) is 50.8 Å². The van der Waals surface area contributed by atoms with Crippen LogP contribution in [-0.4, -0.2) is 43.7 Å². The third-order valence-corrected chi connectivity index (χ3v) is 7.42. The molecule has 7 heteroatoms. The lowest BCUT2D eigenvalue weighted by molar-refractivity contribution is -0.101. The molecule has 1 aliphatic heterocycles. The quantitative estimate of drug-likeness (QED) is 0.475. The van der Waals surface area contributed by atoms with Gasteiger partial charge in [-0.15, -0.1) is 0 Å². The van der Waals surface area contributed by atoms with Crippen LogP contribution in [0.25, 0.3) is 11.1 Å². The van der Waals surface area contributed by atoms with Crippen LogP contribution in [0.5, 0.6) is 0 Å². The highest BCUT2D eigenvalue weighted by molar-refractivity contribution is 7.84. The summed E-state index contributed by atoms with van der Waals surface area (Å²) in [7, 11) is -1.10. The first-order valence-corrected chi connectivity index (χ1v) is 13.3. The van der Waals surface area contributed by atoms with Gasteiger partial charge in [0.1, 0.15) is 5.60 Å². The van der Waals surface area contributed by atoms with Gasteiger partial charge in [0.2, 0.25) is 0 Å². The summed E-state index contributed by atoms with van der Waals surface area (Å²) >= 11 is 0. The Hall–Kier alpha value is -3.03. The van der Waals surface area contributed by atoms with Gasteiger partial charge < -0.3 is 14.7 Å². The number of pyridine rings is 1. The van der Waals surface area contributed by atoms with Crippen molar-refractivity contribution in [3.8, 4) is 11.1 Å². The maximum atomic E-state index is 13.3. The van der Waals surface area contributed by atoms with E-state index in [1.165, 1.54) is 0 Å². The molecule has 3 atom stereocenters. The Kier molecular flexibility index (Phi) is 7.10. The molecule has 0 saturated carbocycles. The minimum Gasteiger partial charge on any atom is -0.438 e. The maximum Gasteiger partial charge on any atom is 0.411 e. The van der Waals surface area contributed by atoms with Crippen LogP contribution in [0.15, 0.2) is 78.0 Å². The smallest absolute Gasteiger partial charge is 0.411 e. The Labute approximate surface area is 209 Å². The number of aliphatic hydroxyl groups is 1. The summed E-state index contributed by atoms with van der Waals surface area (Å²) in [5.41, 5.74) is 1.90. The molecule has 35 heavy (non-hydrogen) atoms. The zero-order valence-electron chi connectivity index (χ0n) is 20.6. The monoisotopic (exact) mass is 492 g/mol. The van der Waals surface area contributed by atoms with Crippen LogP contribution >= 0.6 is 0 Å². The highest BCUT2D eigenvalue weighted by Gasteiger charge is 2.46. The molecule has 1 aromatic heterocycles. The summed E-state index contributed by atoms with van der Waals surface area (Å²) in [5, 5.41) is 10.6. The van der Waals surface area contributed by atoms with Crippen molar-refractivity contribution in [2.24, 2.45) is 0 Å². The van der Waals surface area contributed by atoms with Gasteiger partial charge in [0.25, 0.3) is 0 Å². The third-order valence-electron chi connectivity index (χ3n) is 6.53. The number of rotatable bonds is 7. The number of carbonyl (C=O) groups excluding carboxylic acids is 1. The first-order chi connectivity index (χ1) is 16.6. The van der Waals surface area contributed by atoms with Crippen molar-refractivity contribution in [3.63, 3.8) is 0 Å². The van der Waals surface area contributed by atoms with E-state index < -0.39 is 22.0 Å². The van der Waals surface area contributed by atoms with Crippen LogP contribution in [0.4, 0.5) is 4.79 Å². The highest BCUT2D eigenvalue weighted by atomic mass is 32.2. The van der Waals surface area contributed by atoms with Gasteiger partial charge in [-0.3, -0.25) is 9.19 Å². The van der Waals surface area contributed by atoms with Crippen LogP contribution in [-0.2, 0) is 21.1 Å². The standard InChI is InChI=1S/C28H32N2O4S/c1-20(21-10-12-22(13-11-21)23-16-25(35(4)33)18-29-17-23)30-15-14-28(34-26(30)31,19-27(2,3)32)24-8-6-5-7-9-24/h5-13,16-18,20,32H,14-15,19H2,1-4H3/t20-,28?,35?/m0/s1. The highest BCUT2D eigenvalue weighted by Crippen LogP contribution is 2.42. The predicted molar refractivity (Wildman–Crippen MR) is 137 cm³/mol. The minimum atomic E-state index is -1.10. The van der Waals surface area contributed by atoms with Gasteiger partial charge in [0.05, 0.1) is 27.3 Å². The predicted octanol–water partition coefficient (Wildman–Crippen LogP) is 5.45. The van der Waals surface area contributed by atoms with Gasteiger partial charge in [-0.2, -0.15) is 0 Å². The zero-order valence-corrected chi connectivity index (χ0v) is 21.4. The van der Waals surface area contributed by atoms with Gasteiger partial charge in [0, 0.05) is 43.6 Å². The minimum absolute atomic E-state index is 0.180. The van der Waals surface area contributed by atoms with E-state index in [1.807, 2.05) is 67.6 Å². The van der Waals surface area contributed by atoms with Gasteiger partial charge in [-0.05, 0) is 43.5 Å². The largest absolute Gasteiger partial charge is 0.438 e. The lowest BCUT2D eigenvalue weighted by Gasteiger charge is -2.45. The topological polar surface area (TPSA) is 79.7 Å². The molecule has 2 unspecified atom stereocenters. The average Bonchev–Trinajstić information content (AvgIpc) is 2.83. The Morgan fingerprint density at radius 2 is 1.80 bits per heavy atom. The number of nitrogens with zero attached hydrogens (tertiary/aromatic N) is 2. The van der Waals surface area contributed by atoms with Crippen molar-refractivity contribution in [2.45, 2.75) is 55.8 Å². The number of hydrogen-bond donors (Lipinski definition) is 1. The molecule has 0 bridgehead atoms. The molecule has 2 heterocycles. The summed E-state index contributed by atoms with van der Waals surface area (Å²) in [6, 6.07) is 19.4. The van der Waals surface area contributed by atoms with E-state index in [-0.39, 0.29) is 12.1 Å². The fourth-order valence-electron chi connectivity index (χ4n) is 4.76. The molecule has 1 amide bonds. The van der Waals surface area contributed by atoms with Crippen molar-refractivity contribution in [1.29, 1.82) is 0 Å². The second kappa shape index (κ2) is 9.91. The van der Waals surface area contributed by atoms with E-state index in [4.69, 9.17) is 4.74 Å². The zero-order chi connectivity index (χ0) is 25.2. The molecule has 0 aliphatic carbocycles. The summed E-state index contributed by atoms with van der Waals surface area (Å²) in [5.74, 6) is 0. The van der Waals surface area contributed by atoms with Gasteiger partial charge in [0.15, 0.2) is 0 Å². The van der Waals surface area contributed by atoms with Crippen molar-refractivity contribution in [1.82, 2.24) is 9.88 Å². The van der Waals surface area contributed by atoms with Crippen LogP contribution in [0, 0.1) is 0 Å². The number of ether oxygens (including phenoxy) is 1. The van der Waals surface area contributed by atoms with E-state index in [0.717, 1.165) is 22.3 Å². The average molecular weight is 493 g/mol. The van der Waals surface area contributed by atoms with Crippen molar-refractivity contribution in [3.05, 3.63) is 84.2 Å². The molecule has 0 radical (unpaired) electrons. The number of benzene rings is 2. The van der Waals surface area contributed by atoms with Crippen molar-refractivity contribution >= 4 is 16.9 Å². The molecule has 0 spiro atoms. The van der Waals surface area contributed by atoms with Gasteiger partial charge >= 0.3 is 6.09 Å². The molecular weight excluding hydrogens is 460 g/mol. The number of amides is 1. The van der Waals surface area contributed by atoms with E-state index >= 15 is 0 Å². The Bertz CT molecular complexity index is 1210. The lowest BCUT2D eigenvalue weighted by Crippen LogP contribution is -2.51. The van der Waals surface area contributed by atoms with Gasteiger partial charge in [-0.1, -0.05) is 54.6 Å². The van der Waals surface area contributed by atoms with E-state index in [2.05, 4.69) is 4.98 Å². The summed E-state index contributed by atoms with van der Waals surface area (Å²) in [6.07, 6.45) is 5.53. The number of aromatic nitrogens is 1. The summed E-state index contributed by atoms with van der Waals surface area (Å²) in [6.45, 7) is 5.99. The van der Waals surface area contributed by atoms with Crippen LogP contribution < -0.4 is 0 Å². The molecule has 1 N–H and O–H groups in total. The number of cyclic esters (lactones) is 1. The van der Waals surface area contributed by atoms with Crippen LogP contribution in [0.3, 0.4) is 0 Å². The van der Waals surface area contributed by atoms with Crippen LogP contribution in [0.2, 0.25) is 0 Å².